The summed E-state index contributed by atoms with van der Waals surface area (Å²) >= 11 is 1.59. The van der Waals surface area contributed by atoms with Crippen molar-refractivity contribution < 1.29 is 9.59 Å². The van der Waals surface area contributed by atoms with Crippen LogP contribution in [0.15, 0.2) is 29.6 Å². The molecule has 0 spiro atoms. The second kappa shape index (κ2) is 6.59. The minimum atomic E-state index is -0.339. The number of para-hydroxylation sites is 1. The molecule has 0 bridgehead atoms. The third kappa shape index (κ3) is 3.58. The van der Waals surface area contributed by atoms with E-state index in [1.807, 2.05) is 29.6 Å². The number of thiazole rings is 1. The lowest BCUT2D eigenvalue weighted by Gasteiger charge is -2.33. The van der Waals surface area contributed by atoms with Crippen molar-refractivity contribution in [3.05, 3.63) is 45.9 Å². The average molecular weight is 357 g/mol. The van der Waals surface area contributed by atoms with Crippen LogP contribution in [0.3, 0.4) is 0 Å². The number of benzene rings is 1. The second-order valence-electron chi connectivity index (χ2n) is 7.42. The smallest absolute Gasteiger partial charge is 0.233 e. The molecule has 1 unspecified atom stereocenters. The number of amides is 2. The molecule has 3 rings (SSSR count). The van der Waals surface area contributed by atoms with Gasteiger partial charge < -0.3 is 10.6 Å². The number of primary amides is 1. The molecular formula is C19H23N3O2S. The normalized spacial score (nSPS) is 17.2. The van der Waals surface area contributed by atoms with Crippen molar-refractivity contribution >= 4 is 28.8 Å². The summed E-state index contributed by atoms with van der Waals surface area (Å²) in [7, 11) is 0. The summed E-state index contributed by atoms with van der Waals surface area (Å²) in [6.07, 6.45) is 0.824. The van der Waals surface area contributed by atoms with Gasteiger partial charge in [-0.15, -0.1) is 11.3 Å². The van der Waals surface area contributed by atoms with Gasteiger partial charge in [0.1, 0.15) is 0 Å². The van der Waals surface area contributed by atoms with Crippen molar-refractivity contribution in [2.24, 2.45) is 5.73 Å². The maximum atomic E-state index is 12.8. The number of hydrogen-bond donors (Lipinski definition) is 1. The summed E-state index contributed by atoms with van der Waals surface area (Å²) in [4.78, 5) is 30.9. The van der Waals surface area contributed by atoms with Gasteiger partial charge in [0.25, 0.3) is 0 Å². The number of hydrogen-bond acceptors (Lipinski definition) is 4. The van der Waals surface area contributed by atoms with E-state index in [-0.39, 0.29) is 29.6 Å². The maximum absolute atomic E-state index is 12.8. The van der Waals surface area contributed by atoms with E-state index in [9.17, 15) is 9.59 Å². The molecule has 1 atom stereocenters. The predicted octanol–water partition coefficient (Wildman–Crippen LogP) is 2.99. The van der Waals surface area contributed by atoms with Gasteiger partial charge in [-0.2, -0.15) is 0 Å². The Balaban J connectivity index is 1.82. The number of rotatable bonds is 3. The highest BCUT2D eigenvalue weighted by Gasteiger charge is 2.31. The molecule has 2 amide bonds. The third-order valence-corrected chi connectivity index (χ3v) is 5.73. The van der Waals surface area contributed by atoms with Crippen LogP contribution in [0.25, 0.3) is 0 Å². The van der Waals surface area contributed by atoms with E-state index in [1.165, 1.54) is 0 Å². The van der Waals surface area contributed by atoms with E-state index in [0.29, 0.717) is 13.0 Å². The number of anilines is 1. The molecule has 2 N–H and O–H groups in total. The van der Waals surface area contributed by atoms with Crippen LogP contribution >= 0.6 is 11.3 Å². The molecule has 25 heavy (non-hydrogen) atoms. The number of nitrogens with zero attached hydrogens (tertiary/aromatic N) is 2. The van der Waals surface area contributed by atoms with Crippen LogP contribution in [0.1, 0.15) is 49.4 Å². The molecule has 1 aromatic heterocycles. The molecule has 0 saturated heterocycles. The van der Waals surface area contributed by atoms with Crippen LogP contribution in [0, 0.1) is 0 Å². The number of nitrogens with two attached hydrogens (primary N) is 1. The Morgan fingerprint density at radius 2 is 2.04 bits per heavy atom. The molecule has 2 aromatic rings. The van der Waals surface area contributed by atoms with Gasteiger partial charge in [0.05, 0.1) is 23.0 Å². The van der Waals surface area contributed by atoms with Gasteiger partial charge in [0.2, 0.25) is 11.8 Å². The fourth-order valence-corrected chi connectivity index (χ4v) is 4.01. The van der Waals surface area contributed by atoms with Crippen LogP contribution in [0.2, 0.25) is 0 Å². The molecule has 1 aromatic carbocycles. The first kappa shape index (κ1) is 17.6. The molecule has 0 saturated carbocycles. The number of carbonyl (C=O) groups is 2. The maximum Gasteiger partial charge on any atom is 0.233 e. The molecule has 132 valence electrons. The Labute approximate surface area is 151 Å². The lowest BCUT2D eigenvalue weighted by Crippen LogP contribution is -2.40. The second-order valence-corrected chi connectivity index (χ2v) is 8.28. The molecular weight excluding hydrogens is 334 g/mol. The number of fused-ring (bicyclic) bond motifs is 1. The number of carbonyl (C=O) groups excluding carboxylic acids is 2. The van der Waals surface area contributed by atoms with Gasteiger partial charge in [0.15, 0.2) is 0 Å². The lowest BCUT2D eigenvalue weighted by molar-refractivity contribution is -0.121. The molecule has 2 heterocycles. The Kier molecular flexibility index (Phi) is 4.64. The first-order valence-electron chi connectivity index (χ1n) is 8.41. The van der Waals surface area contributed by atoms with Gasteiger partial charge in [-0.3, -0.25) is 9.59 Å². The number of aromatic nitrogens is 1. The first-order chi connectivity index (χ1) is 11.8. The first-order valence-corrected chi connectivity index (χ1v) is 9.29. The highest BCUT2D eigenvalue weighted by Crippen LogP contribution is 2.35. The third-order valence-electron chi connectivity index (χ3n) is 4.41. The topological polar surface area (TPSA) is 76.3 Å². The molecule has 0 aliphatic carbocycles. The Morgan fingerprint density at radius 3 is 2.68 bits per heavy atom. The van der Waals surface area contributed by atoms with E-state index >= 15 is 0 Å². The summed E-state index contributed by atoms with van der Waals surface area (Å²) in [5, 5.41) is 2.99. The average Bonchev–Trinajstić information content (AvgIpc) is 3.02. The van der Waals surface area contributed by atoms with E-state index in [2.05, 4.69) is 25.8 Å². The standard InChI is InChI=1S/C19H23N3O2S/c1-19(2,3)18-21-12(11-25-18)10-16(23)22-9-8-14(17(20)24)13-6-4-5-7-15(13)22/h4-7,11,14H,8-10H2,1-3H3,(H2,20,24). The van der Waals surface area contributed by atoms with Crippen molar-refractivity contribution in [2.45, 2.75) is 44.9 Å². The highest BCUT2D eigenvalue weighted by atomic mass is 32.1. The van der Waals surface area contributed by atoms with Gasteiger partial charge in [-0.05, 0) is 18.1 Å². The van der Waals surface area contributed by atoms with Crippen LogP contribution in [-0.4, -0.2) is 23.3 Å². The van der Waals surface area contributed by atoms with E-state index in [0.717, 1.165) is 22.0 Å². The largest absolute Gasteiger partial charge is 0.369 e. The zero-order valence-corrected chi connectivity index (χ0v) is 15.6. The van der Waals surface area contributed by atoms with Crippen molar-refractivity contribution in [3.63, 3.8) is 0 Å². The Hall–Kier alpha value is -2.21. The monoisotopic (exact) mass is 357 g/mol. The zero-order valence-electron chi connectivity index (χ0n) is 14.8. The van der Waals surface area contributed by atoms with Crippen LogP contribution in [0.5, 0.6) is 0 Å². The summed E-state index contributed by atoms with van der Waals surface area (Å²) in [5.41, 5.74) is 7.93. The minimum absolute atomic E-state index is 0.00105. The fourth-order valence-electron chi connectivity index (χ4n) is 3.10. The van der Waals surface area contributed by atoms with Crippen molar-refractivity contribution in [1.82, 2.24) is 4.98 Å². The quantitative estimate of drug-likeness (QED) is 0.917. The summed E-state index contributed by atoms with van der Waals surface area (Å²) in [5.74, 6) is -0.665. The van der Waals surface area contributed by atoms with Gasteiger partial charge in [-0.25, -0.2) is 4.98 Å². The van der Waals surface area contributed by atoms with Crippen LogP contribution < -0.4 is 10.6 Å². The van der Waals surface area contributed by atoms with Crippen molar-refractivity contribution in [3.8, 4) is 0 Å². The van der Waals surface area contributed by atoms with Crippen molar-refractivity contribution in [2.75, 3.05) is 11.4 Å². The summed E-state index contributed by atoms with van der Waals surface area (Å²) < 4.78 is 0. The molecule has 6 heteroatoms. The minimum Gasteiger partial charge on any atom is -0.369 e. The van der Waals surface area contributed by atoms with E-state index < -0.39 is 0 Å². The SMILES string of the molecule is CC(C)(C)c1nc(CC(=O)N2CCC(C(N)=O)c3ccccc32)cs1. The van der Waals surface area contributed by atoms with Gasteiger partial charge in [-0.1, -0.05) is 39.0 Å². The Morgan fingerprint density at radius 1 is 1.32 bits per heavy atom. The van der Waals surface area contributed by atoms with Crippen molar-refractivity contribution in [1.29, 1.82) is 0 Å². The molecule has 1 aliphatic heterocycles. The van der Waals surface area contributed by atoms with E-state index in [4.69, 9.17) is 5.73 Å². The molecule has 0 radical (unpaired) electrons. The Bertz CT molecular complexity index is 807. The summed E-state index contributed by atoms with van der Waals surface area (Å²) in [6, 6.07) is 7.51. The molecule has 1 aliphatic rings. The summed E-state index contributed by atoms with van der Waals surface area (Å²) in [6.45, 7) is 6.84. The fraction of sp³-hybridized carbons (Fsp3) is 0.421. The molecule has 0 fully saturated rings. The van der Waals surface area contributed by atoms with E-state index in [1.54, 1.807) is 16.2 Å². The zero-order chi connectivity index (χ0) is 18.2. The van der Waals surface area contributed by atoms with Crippen LogP contribution in [0.4, 0.5) is 5.69 Å². The molecule has 5 nitrogen and oxygen atoms in total. The van der Waals surface area contributed by atoms with Crippen LogP contribution in [-0.2, 0) is 21.4 Å². The van der Waals surface area contributed by atoms with Gasteiger partial charge >= 0.3 is 0 Å². The lowest BCUT2D eigenvalue weighted by atomic mass is 9.89. The predicted molar refractivity (Wildman–Crippen MR) is 99.9 cm³/mol. The highest BCUT2D eigenvalue weighted by molar-refractivity contribution is 7.09. The van der Waals surface area contributed by atoms with Gasteiger partial charge in [0, 0.05) is 23.0 Å².